The quantitative estimate of drug-likeness (QED) is 0.631. The van der Waals surface area contributed by atoms with E-state index < -0.39 is 18.5 Å². The van der Waals surface area contributed by atoms with Crippen LogP contribution in [0.2, 0.25) is 5.02 Å². The van der Waals surface area contributed by atoms with Gasteiger partial charge in [0.25, 0.3) is 0 Å². The summed E-state index contributed by atoms with van der Waals surface area (Å²) in [6.07, 6.45) is 2.98. The summed E-state index contributed by atoms with van der Waals surface area (Å²) in [5, 5.41) is 0.629. The predicted molar refractivity (Wildman–Crippen MR) is 104 cm³/mol. The van der Waals surface area contributed by atoms with E-state index in [2.05, 4.69) is 20.8 Å². The Morgan fingerprint density at radius 3 is 2.59 bits per heavy atom. The molecule has 0 radical (unpaired) electrons. The van der Waals surface area contributed by atoms with Gasteiger partial charge < -0.3 is 14.2 Å². The number of esters is 2. The Balaban J connectivity index is 1.75. The van der Waals surface area contributed by atoms with E-state index in [0.29, 0.717) is 28.5 Å². The molecular weight excluding hydrogens is 368 g/mol. The van der Waals surface area contributed by atoms with Crippen molar-refractivity contribution < 1.29 is 23.8 Å². The Labute approximate surface area is 166 Å². The number of ether oxygens (including phenoxy) is 3. The maximum Gasteiger partial charge on any atom is 0.344 e. The number of hydrogen-bond donors (Lipinski definition) is 0. The van der Waals surface area contributed by atoms with Gasteiger partial charge in [0, 0.05) is 5.02 Å². The van der Waals surface area contributed by atoms with Crippen molar-refractivity contribution in [2.75, 3.05) is 13.2 Å². The molecule has 1 fully saturated rings. The minimum Gasteiger partial charge on any atom is -0.482 e. The van der Waals surface area contributed by atoms with Gasteiger partial charge in [-0.15, -0.1) is 0 Å². The highest BCUT2D eigenvalue weighted by Crippen LogP contribution is 2.35. The highest BCUT2D eigenvalue weighted by atomic mass is 35.5. The molecule has 0 saturated heterocycles. The van der Waals surface area contributed by atoms with E-state index in [1.807, 2.05) is 6.92 Å². The molecule has 5 nitrogen and oxygen atoms in total. The Morgan fingerprint density at radius 1 is 1.19 bits per heavy atom. The van der Waals surface area contributed by atoms with Gasteiger partial charge in [-0.2, -0.15) is 0 Å². The third-order valence-electron chi connectivity index (χ3n) is 5.08. The topological polar surface area (TPSA) is 61.8 Å². The number of carbonyl (C=O) groups excluding carboxylic acids is 2. The molecular formula is C21H29ClO5. The van der Waals surface area contributed by atoms with Crippen LogP contribution in [0.4, 0.5) is 0 Å². The smallest absolute Gasteiger partial charge is 0.344 e. The number of halogens is 1. The molecule has 27 heavy (non-hydrogen) atoms. The van der Waals surface area contributed by atoms with Crippen LogP contribution in [0.25, 0.3) is 0 Å². The Morgan fingerprint density at radius 2 is 1.93 bits per heavy atom. The fraction of sp³-hybridized carbons (Fsp3) is 0.619. The molecule has 3 unspecified atom stereocenters. The maximum atomic E-state index is 12.1. The molecule has 0 aliphatic heterocycles. The summed E-state index contributed by atoms with van der Waals surface area (Å²) in [5.41, 5.74) is 0.854. The van der Waals surface area contributed by atoms with E-state index >= 15 is 0 Å². The first-order valence-corrected chi connectivity index (χ1v) is 9.88. The average Bonchev–Trinajstić information content (AvgIpc) is 2.60. The summed E-state index contributed by atoms with van der Waals surface area (Å²) in [6.45, 7) is 7.66. The molecule has 0 heterocycles. The minimum atomic E-state index is -0.614. The van der Waals surface area contributed by atoms with Crippen LogP contribution in [0.3, 0.4) is 0 Å². The van der Waals surface area contributed by atoms with Gasteiger partial charge in [-0.3, -0.25) is 0 Å². The fourth-order valence-electron chi connectivity index (χ4n) is 3.48. The molecule has 0 amide bonds. The van der Waals surface area contributed by atoms with Crippen molar-refractivity contribution in [3.05, 3.63) is 28.8 Å². The van der Waals surface area contributed by atoms with Gasteiger partial charge in [0.05, 0.1) is 0 Å². The van der Waals surface area contributed by atoms with Crippen molar-refractivity contribution >= 4 is 23.5 Å². The number of carbonyl (C=O) groups is 2. The molecule has 1 aromatic carbocycles. The summed E-state index contributed by atoms with van der Waals surface area (Å²) >= 11 is 5.95. The van der Waals surface area contributed by atoms with Crippen molar-refractivity contribution in [2.45, 2.75) is 53.1 Å². The van der Waals surface area contributed by atoms with E-state index in [4.69, 9.17) is 25.8 Å². The van der Waals surface area contributed by atoms with Crippen LogP contribution >= 0.6 is 11.6 Å². The van der Waals surface area contributed by atoms with Gasteiger partial charge in [0.2, 0.25) is 0 Å². The Kier molecular flexibility index (Phi) is 7.96. The second-order valence-corrected chi connectivity index (χ2v) is 8.12. The summed E-state index contributed by atoms with van der Waals surface area (Å²) < 4.78 is 15.9. The number of benzene rings is 1. The lowest BCUT2D eigenvalue weighted by Crippen LogP contribution is -2.37. The van der Waals surface area contributed by atoms with Crippen LogP contribution in [-0.2, 0) is 19.1 Å². The van der Waals surface area contributed by atoms with Gasteiger partial charge in [0.1, 0.15) is 11.9 Å². The van der Waals surface area contributed by atoms with E-state index in [-0.39, 0.29) is 12.7 Å². The summed E-state index contributed by atoms with van der Waals surface area (Å²) in [4.78, 5) is 23.9. The lowest BCUT2D eigenvalue weighted by molar-refractivity contribution is -0.167. The molecule has 0 spiro atoms. The van der Waals surface area contributed by atoms with Gasteiger partial charge >= 0.3 is 11.9 Å². The van der Waals surface area contributed by atoms with Gasteiger partial charge in [-0.1, -0.05) is 38.8 Å². The lowest BCUT2D eigenvalue weighted by Gasteiger charge is -2.36. The largest absolute Gasteiger partial charge is 0.482 e. The second-order valence-electron chi connectivity index (χ2n) is 7.71. The van der Waals surface area contributed by atoms with Gasteiger partial charge in [0.15, 0.2) is 13.2 Å². The lowest BCUT2D eigenvalue weighted by atomic mass is 9.75. The molecule has 1 saturated carbocycles. The first kappa shape index (κ1) is 21.5. The predicted octanol–water partition coefficient (Wildman–Crippen LogP) is 4.57. The van der Waals surface area contributed by atoms with Crippen LogP contribution in [-0.4, -0.2) is 31.3 Å². The Hall–Kier alpha value is -1.75. The second kappa shape index (κ2) is 9.98. The van der Waals surface area contributed by atoms with Crippen molar-refractivity contribution in [3.8, 4) is 5.75 Å². The van der Waals surface area contributed by atoms with E-state index in [9.17, 15) is 9.59 Å². The monoisotopic (exact) mass is 396 g/mol. The number of rotatable bonds is 7. The highest BCUT2D eigenvalue weighted by molar-refractivity contribution is 6.31. The van der Waals surface area contributed by atoms with E-state index in [1.54, 1.807) is 18.2 Å². The molecule has 0 aromatic heterocycles. The molecule has 150 valence electrons. The minimum absolute atomic E-state index is 0.103. The first-order chi connectivity index (χ1) is 12.8. The normalized spacial score (nSPS) is 22.4. The molecule has 2 rings (SSSR count). The van der Waals surface area contributed by atoms with Crippen LogP contribution in [0.1, 0.15) is 45.6 Å². The van der Waals surface area contributed by atoms with E-state index in [1.165, 1.54) is 0 Å². The van der Waals surface area contributed by atoms with Gasteiger partial charge in [-0.05, 0) is 61.3 Å². The molecule has 0 bridgehead atoms. The molecule has 3 atom stereocenters. The average molecular weight is 397 g/mol. The number of aryl methyl sites for hydroxylation is 1. The van der Waals surface area contributed by atoms with Crippen molar-refractivity contribution in [1.29, 1.82) is 0 Å². The third kappa shape index (κ3) is 6.73. The van der Waals surface area contributed by atoms with Crippen LogP contribution in [0.15, 0.2) is 18.2 Å². The summed E-state index contributed by atoms with van der Waals surface area (Å²) in [7, 11) is 0. The zero-order valence-corrected chi connectivity index (χ0v) is 17.3. The number of hydrogen-bond acceptors (Lipinski definition) is 5. The molecule has 6 heteroatoms. The fourth-order valence-corrected chi connectivity index (χ4v) is 3.60. The molecule has 0 N–H and O–H groups in total. The van der Waals surface area contributed by atoms with Crippen molar-refractivity contribution in [3.63, 3.8) is 0 Å². The SMILES string of the molecule is Cc1cc(OCC(=O)OCC(=O)OC2CC(C)CCC2C(C)C)ccc1Cl. The zero-order valence-electron chi connectivity index (χ0n) is 16.5. The molecule has 1 aliphatic rings. The van der Waals surface area contributed by atoms with Crippen molar-refractivity contribution in [1.82, 2.24) is 0 Å². The molecule has 1 aliphatic carbocycles. The third-order valence-corrected chi connectivity index (χ3v) is 5.51. The Bertz CT molecular complexity index is 658. The maximum absolute atomic E-state index is 12.1. The first-order valence-electron chi connectivity index (χ1n) is 9.50. The zero-order chi connectivity index (χ0) is 20.0. The highest BCUT2D eigenvalue weighted by Gasteiger charge is 2.33. The molecule has 1 aromatic rings. The van der Waals surface area contributed by atoms with Crippen molar-refractivity contribution in [2.24, 2.45) is 17.8 Å². The van der Waals surface area contributed by atoms with Crippen LogP contribution in [0, 0.1) is 24.7 Å². The summed E-state index contributed by atoms with van der Waals surface area (Å²) in [6, 6.07) is 5.11. The van der Waals surface area contributed by atoms with Gasteiger partial charge in [-0.25, -0.2) is 9.59 Å². The van der Waals surface area contributed by atoms with Crippen LogP contribution < -0.4 is 4.74 Å². The van der Waals surface area contributed by atoms with Crippen LogP contribution in [0.5, 0.6) is 5.75 Å². The van der Waals surface area contributed by atoms with E-state index in [0.717, 1.165) is 24.8 Å². The standard InChI is InChI=1S/C21H29ClO5/c1-13(2)17-7-5-14(3)9-19(17)27-21(24)12-26-20(23)11-25-16-6-8-18(22)15(4)10-16/h6,8,10,13-14,17,19H,5,7,9,11-12H2,1-4H3. The summed E-state index contributed by atoms with van der Waals surface area (Å²) in [5.74, 6) is 0.753.